The van der Waals surface area contributed by atoms with Crippen LogP contribution in [0, 0.1) is 0 Å². The quantitative estimate of drug-likeness (QED) is 0.838. The minimum atomic E-state index is -0.490. The van der Waals surface area contributed by atoms with Crippen molar-refractivity contribution in [1.29, 1.82) is 0 Å². The number of benzene rings is 1. The SMILES string of the molecule is NC(=O)c1ccc(OCC(=O)c2cccs2)cc1. The van der Waals surface area contributed by atoms with Crippen molar-refractivity contribution in [2.75, 3.05) is 6.61 Å². The van der Waals surface area contributed by atoms with E-state index in [0.29, 0.717) is 16.2 Å². The standard InChI is InChI=1S/C13H11NO3S/c14-13(16)9-3-5-10(6-4-9)17-8-11(15)12-2-1-7-18-12/h1-7H,8H2,(H2,14,16). The number of hydrogen-bond acceptors (Lipinski definition) is 4. The Bertz CT molecular complexity index is 546. The number of Topliss-reactive ketones (excluding diaryl/α,β-unsaturated/α-hetero) is 1. The number of carbonyl (C=O) groups excluding carboxylic acids is 2. The molecule has 5 heteroatoms. The van der Waals surface area contributed by atoms with Crippen LogP contribution in [0.25, 0.3) is 0 Å². The van der Waals surface area contributed by atoms with Crippen molar-refractivity contribution in [3.8, 4) is 5.75 Å². The number of rotatable bonds is 5. The number of ketones is 1. The predicted octanol–water partition coefficient (Wildman–Crippen LogP) is 2.11. The van der Waals surface area contributed by atoms with Gasteiger partial charge in [0.2, 0.25) is 11.7 Å². The highest BCUT2D eigenvalue weighted by Gasteiger charge is 2.07. The van der Waals surface area contributed by atoms with Crippen molar-refractivity contribution in [3.05, 3.63) is 52.2 Å². The van der Waals surface area contributed by atoms with E-state index in [2.05, 4.69) is 0 Å². The first kappa shape index (κ1) is 12.3. The average molecular weight is 261 g/mol. The fourth-order valence-corrected chi connectivity index (χ4v) is 2.02. The van der Waals surface area contributed by atoms with Crippen molar-refractivity contribution in [2.45, 2.75) is 0 Å². The Morgan fingerprint density at radius 1 is 1.17 bits per heavy atom. The Balaban J connectivity index is 1.94. The molecule has 0 spiro atoms. The van der Waals surface area contributed by atoms with Gasteiger partial charge in [-0.1, -0.05) is 6.07 Å². The van der Waals surface area contributed by atoms with Gasteiger partial charge in [0.1, 0.15) is 5.75 Å². The van der Waals surface area contributed by atoms with Crippen LogP contribution in [0.15, 0.2) is 41.8 Å². The molecule has 92 valence electrons. The summed E-state index contributed by atoms with van der Waals surface area (Å²) in [7, 11) is 0. The largest absolute Gasteiger partial charge is 0.485 e. The minimum Gasteiger partial charge on any atom is -0.485 e. The van der Waals surface area contributed by atoms with Crippen LogP contribution in [-0.2, 0) is 0 Å². The van der Waals surface area contributed by atoms with Crippen LogP contribution in [0.4, 0.5) is 0 Å². The zero-order valence-electron chi connectivity index (χ0n) is 9.46. The fraction of sp³-hybridized carbons (Fsp3) is 0.0769. The lowest BCUT2D eigenvalue weighted by Gasteiger charge is -2.04. The zero-order chi connectivity index (χ0) is 13.0. The first-order valence-electron chi connectivity index (χ1n) is 5.26. The smallest absolute Gasteiger partial charge is 0.248 e. The molecule has 0 aliphatic carbocycles. The molecule has 1 amide bonds. The maximum absolute atomic E-state index is 11.7. The Kier molecular flexibility index (Phi) is 3.74. The second-order valence-corrected chi connectivity index (χ2v) is 4.53. The third-order valence-electron chi connectivity index (χ3n) is 2.30. The molecule has 4 nitrogen and oxygen atoms in total. The van der Waals surface area contributed by atoms with E-state index >= 15 is 0 Å². The van der Waals surface area contributed by atoms with Crippen molar-refractivity contribution in [3.63, 3.8) is 0 Å². The molecule has 18 heavy (non-hydrogen) atoms. The fourth-order valence-electron chi connectivity index (χ4n) is 1.37. The van der Waals surface area contributed by atoms with E-state index in [4.69, 9.17) is 10.5 Å². The van der Waals surface area contributed by atoms with E-state index in [1.807, 2.05) is 11.4 Å². The molecule has 0 aliphatic rings. The van der Waals surface area contributed by atoms with Gasteiger partial charge in [0.05, 0.1) is 4.88 Å². The predicted molar refractivity (Wildman–Crippen MR) is 69.1 cm³/mol. The average Bonchev–Trinajstić information content (AvgIpc) is 2.90. The number of ether oxygens (including phenoxy) is 1. The van der Waals surface area contributed by atoms with Gasteiger partial charge in [-0.2, -0.15) is 0 Å². The van der Waals surface area contributed by atoms with E-state index in [1.165, 1.54) is 11.3 Å². The summed E-state index contributed by atoms with van der Waals surface area (Å²) in [5, 5.41) is 1.84. The first-order chi connectivity index (χ1) is 8.66. The van der Waals surface area contributed by atoms with E-state index in [1.54, 1.807) is 30.3 Å². The van der Waals surface area contributed by atoms with Gasteiger partial charge in [0, 0.05) is 5.56 Å². The van der Waals surface area contributed by atoms with Crippen LogP contribution in [0.3, 0.4) is 0 Å². The summed E-state index contributed by atoms with van der Waals surface area (Å²) in [4.78, 5) is 23.2. The summed E-state index contributed by atoms with van der Waals surface area (Å²) in [6.45, 7) is -0.0174. The Labute approximate surface area is 108 Å². The summed E-state index contributed by atoms with van der Waals surface area (Å²) in [6.07, 6.45) is 0. The van der Waals surface area contributed by atoms with Gasteiger partial charge in [0.15, 0.2) is 6.61 Å². The number of amides is 1. The molecule has 0 unspecified atom stereocenters. The van der Waals surface area contributed by atoms with Gasteiger partial charge in [0.25, 0.3) is 0 Å². The van der Waals surface area contributed by atoms with E-state index in [0.717, 1.165) is 0 Å². The normalized spacial score (nSPS) is 10.0. The number of carbonyl (C=O) groups is 2. The van der Waals surface area contributed by atoms with Crippen LogP contribution >= 0.6 is 11.3 Å². The molecule has 0 saturated carbocycles. The third-order valence-corrected chi connectivity index (χ3v) is 3.22. The molecule has 0 radical (unpaired) electrons. The summed E-state index contributed by atoms with van der Waals surface area (Å²) in [6, 6.07) is 9.93. The Morgan fingerprint density at radius 2 is 1.89 bits per heavy atom. The molecule has 1 aromatic carbocycles. The van der Waals surface area contributed by atoms with Gasteiger partial charge in [-0.15, -0.1) is 11.3 Å². The van der Waals surface area contributed by atoms with Gasteiger partial charge >= 0.3 is 0 Å². The summed E-state index contributed by atoms with van der Waals surface area (Å²) in [5.74, 6) is -0.0231. The van der Waals surface area contributed by atoms with Crippen LogP contribution in [0.2, 0.25) is 0 Å². The Morgan fingerprint density at radius 3 is 2.44 bits per heavy atom. The molecular formula is C13H11NO3S. The summed E-state index contributed by atoms with van der Waals surface area (Å²) in [5.41, 5.74) is 5.53. The topological polar surface area (TPSA) is 69.4 Å². The van der Waals surface area contributed by atoms with Crippen molar-refractivity contribution in [1.82, 2.24) is 0 Å². The number of primary amides is 1. The van der Waals surface area contributed by atoms with Crippen LogP contribution < -0.4 is 10.5 Å². The highest BCUT2D eigenvalue weighted by molar-refractivity contribution is 7.12. The minimum absolute atomic E-state index is 0.0174. The van der Waals surface area contributed by atoms with Gasteiger partial charge in [-0.25, -0.2) is 0 Å². The monoisotopic (exact) mass is 261 g/mol. The zero-order valence-corrected chi connectivity index (χ0v) is 10.3. The molecule has 0 bridgehead atoms. The number of thiophene rings is 1. The lowest BCUT2D eigenvalue weighted by molar-refractivity contribution is 0.0924. The molecule has 2 aromatic rings. The second-order valence-electron chi connectivity index (χ2n) is 3.58. The lowest BCUT2D eigenvalue weighted by Crippen LogP contribution is -2.12. The highest BCUT2D eigenvalue weighted by Crippen LogP contribution is 2.14. The van der Waals surface area contributed by atoms with Gasteiger partial charge < -0.3 is 10.5 Å². The molecule has 0 atom stereocenters. The third kappa shape index (κ3) is 2.95. The molecule has 1 aromatic heterocycles. The molecule has 2 N–H and O–H groups in total. The van der Waals surface area contributed by atoms with E-state index in [9.17, 15) is 9.59 Å². The molecule has 1 heterocycles. The van der Waals surface area contributed by atoms with E-state index in [-0.39, 0.29) is 12.4 Å². The van der Waals surface area contributed by atoms with Gasteiger partial charge in [-0.3, -0.25) is 9.59 Å². The summed E-state index contributed by atoms with van der Waals surface area (Å²) < 4.78 is 5.33. The second kappa shape index (κ2) is 5.46. The highest BCUT2D eigenvalue weighted by atomic mass is 32.1. The number of nitrogens with two attached hydrogens (primary N) is 1. The van der Waals surface area contributed by atoms with Crippen LogP contribution in [-0.4, -0.2) is 18.3 Å². The molecule has 0 fully saturated rings. The van der Waals surface area contributed by atoms with Crippen molar-refractivity contribution >= 4 is 23.0 Å². The Hall–Kier alpha value is -2.14. The van der Waals surface area contributed by atoms with Crippen molar-refractivity contribution < 1.29 is 14.3 Å². The lowest BCUT2D eigenvalue weighted by atomic mass is 10.2. The maximum atomic E-state index is 11.7. The number of hydrogen-bond donors (Lipinski definition) is 1. The molecule has 0 aliphatic heterocycles. The van der Waals surface area contributed by atoms with E-state index < -0.39 is 5.91 Å². The molecule has 0 saturated heterocycles. The van der Waals surface area contributed by atoms with Crippen LogP contribution in [0.5, 0.6) is 5.75 Å². The van der Waals surface area contributed by atoms with Crippen LogP contribution in [0.1, 0.15) is 20.0 Å². The van der Waals surface area contributed by atoms with Gasteiger partial charge in [-0.05, 0) is 35.7 Å². The van der Waals surface area contributed by atoms with Crippen molar-refractivity contribution in [2.24, 2.45) is 5.73 Å². The molecule has 2 rings (SSSR count). The maximum Gasteiger partial charge on any atom is 0.248 e. The first-order valence-corrected chi connectivity index (χ1v) is 6.14. The molecular weight excluding hydrogens is 250 g/mol. The summed E-state index contributed by atoms with van der Waals surface area (Å²) >= 11 is 1.38.